The zero-order valence-electron chi connectivity index (χ0n) is 9.02. The molecule has 1 aliphatic carbocycles. The highest BCUT2D eigenvalue weighted by Gasteiger charge is 2.18. The predicted molar refractivity (Wildman–Crippen MR) is 62.1 cm³/mol. The lowest BCUT2D eigenvalue weighted by molar-refractivity contribution is 0.0938. The molecule has 1 unspecified atom stereocenters. The SMILES string of the molecule is O=C(NC1CC=C(CO)C1)c1ccccc1. The number of rotatable bonds is 3. The Labute approximate surface area is 94.8 Å². The van der Waals surface area contributed by atoms with E-state index < -0.39 is 0 Å². The van der Waals surface area contributed by atoms with Gasteiger partial charge in [0.2, 0.25) is 0 Å². The van der Waals surface area contributed by atoms with Crippen LogP contribution in [0.5, 0.6) is 0 Å². The Morgan fingerprint density at radius 2 is 2.12 bits per heavy atom. The van der Waals surface area contributed by atoms with E-state index in [0.717, 1.165) is 18.4 Å². The molecular weight excluding hydrogens is 202 g/mol. The van der Waals surface area contributed by atoms with E-state index in [1.54, 1.807) is 12.1 Å². The Hall–Kier alpha value is -1.61. The van der Waals surface area contributed by atoms with Crippen LogP contribution in [0.25, 0.3) is 0 Å². The highest BCUT2D eigenvalue weighted by atomic mass is 16.3. The average Bonchev–Trinajstić information content (AvgIpc) is 2.78. The Kier molecular flexibility index (Phi) is 3.37. The van der Waals surface area contributed by atoms with Crippen molar-refractivity contribution < 1.29 is 9.90 Å². The van der Waals surface area contributed by atoms with Gasteiger partial charge in [-0.25, -0.2) is 0 Å². The third kappa shape index (κ3) is 2.49. The molecule has 0 saturated heterocycles. The molecule has 2 rings (SSSR count). The first-order valence-electron chi connectivity index (χ1n) is 5.44. The largest absolute Gasteiger partial charge is 0.392 e. The van der Waals surface area contributed by atoms with Crippen LogP contribution in [-0.4, -0.2) is 23.7 Å². The highest BCUT2D eigenvalue weighted by Crippen LogP contribution is 2.18. The van der Waals surface area contributed by atoms with E-state index in [0.29, 0.717) is 5.56 Å². The topological polar surface area (TPSA) is 49.3 Å². The molecule has 3 heteroatoms. The van der Waals surface area contributed by atoms with Crippen molar-refractivity contribution in [2.24, 2.45) is 0 Å². The Bertz CT molecular complexity index is 398. The first kappa shape index (κ1) is 10.9. The summed E-state index contributed by atoms with van der Waals surface area (Å²) in [6, 6.07) is 9.31. The molecule has 0 aromatic heterocycles. The molecule has 0 radical (unpaired) electrons. The van der Waals surface area contributed by atoms with Crippen LogP contribution in [0.3, 0.4) is 0 Å². The van der Waals surface area contributed by atoms with Crippen molar-refractivity contribution in [1.29, 1.82) is 0 Å². The number of nitrogens with one attached hydrogen (secondary N) is 1. The maximum absolute atomic E-state index is 11.8. The highest BCUT2D eigenvalue weighted by molar-refractivity contribution is 5.94. The smallest absolute Gasteiger partial charge is 0.251 e. The summed E-state index contributed by atoms with van der Waals surface area (Å²) in [5, 5.41) is 11.9. The minimum absolute atomic E-state index is 0.0433. The molecule has 0 fully saturated rings. The lowest BCUT2D eigenvalue weighted by Gasteiger charge is -2.12. The van der Waals surface area contributed by atoms with Gasteiger partial charge in [-0.3, -0.25) is 4.79 Å². The molecule has 1 amide bonds. The molecule has 0 aliphatic heterocycles. The van der Waals surface area contributed by atoms with E-state index in [4.69, 9.17) is 5.11 Å². The normalized spacial score (nSPS) is 19.3. The molecule has 0 saturated carbocycles. The van der Waals surface area contributed by atoms with E-state index in [-0.39, 0.29) is 18.6 Å². The second-order valence-electron chi connectivity index (χ2n) is 4.00. The van der Waals surface area contributed by atoms with Gasteiger partial charge in [-0.1, -0.05) is 24.3 Å². The molecule has 1 atom stereocenters. The minimum Gasteiger partial charge on any atom is -0.392 e. The number of carbonyl (C=O) groups excluding carboxylic acids is 1. The van der Waals surface area contributed by atoms with Crippen molar-refractivity contribution in [1.82, 2.24) is 5.32 Å². The van der Waals surface area contributed by atoms with Gasteiger partial charge in [0.15, 0.2) is 0 Å². The van der Waals surface area contributed by atoms with Crippen LogP contribution < -0.4 is 5.32 Å². The van der Waals surface area contributed by atoms with Crippen LogP contribution >= 0.6 is 0 Å². The summed E-state index contributed by atoms with van der Waals surface area (Å²) in [5.41, 5.74) is 1.69. The van der Waals surface area contributed by atoms with Gasteiger partial charge in [0.05, 0.1) is 6.61 Å². The monoisotopic (exact) mass is 217 g/mol. The molecule has 1 aromatic rings. The summed E-state index contributed by atoms with van der Waals surface area (Å²) >= 11 is 0. The van der Waals surface area contributed by atoms with Gasteiger partial charge >= 0.3 is 0 Å². The van der Waals surface area contributed by atoms with Crippen molar-refractivity contribution in [2.45, 2.75) is 18.9 Å². The van der Waals surface area contributed by atoms with Gasteiger partial charge in [-0.05, 0) is 30.5 Å². The van der Waals surface area contributed by atoms with Gasteiger partial charge in [0, 0.05) is 11.6 Å². The summed E-state index contributed by atoms with van der Waals surface area (Å²) in [4.78, 5) is 11.8. The van der Waals surface area contributed by atoms with Gasteiger partial charge in [0.25, 0.3) is 5.91 Å². The van der Waals surface area contributed by atoms with Gasteiger partial charge in [-0.15, -0.1) is 0 Å². The number of aliphatic hydroxyl groups excluding tert-OH is 1. The van der Waals surface area contributed by atoms with Gasteiger partial charge < -0.3 is 10.4 Å². The quantitative estimate of drug-likeness (QED) is 0.754. The fourth-order valence-corrected chi connectivity index (χ4v) is 1.89. The maximum Gasteiger partial charge on any atom is 0.251 e. The lowest BCUT2D eigenvalue weighted by atomic mass is 10.1. The third-order valence-electron chi connectivity index (χ3n) is 2.77. The average molecular weight is 217 g/mol. The molecule has 16 heavy (non-hydrogen) atoms. The van der Waals surface area contributed by atoms with E-state index in [9.17, 15) is 4.79 Å². The molecule has 3 nitrogen and oxygen atoms in total. The molecule has 1 aromatic carbocycles. The van der Waals surface area contributed by atoms with Crippen LogP contribution in [-0.2, 0) is 0 Å². The van der Waals surface area contributed by atoms with Crippen LogP contribution in [0.15, 0.2) is 42.0 Å². The van der Waals surface area contributed by atoms with Crippen molar-refractivity contribution in [3.05, 3.63) is 47.5 Å². The second kappa shape index (κ2) is 4.94. The number of carbonyl (C=O) groups is 1. The summed E-state index contributed by atoms with van der Waals surface area (Å²) < 4.78 is 0. The Morgan fingerprint density at radius 1 is 1.38 bits per heavy atom. The Morgan fingerprint density at radius 3 is 2.75 bits per heavy atom. The number of aliphatic hydroxyl groups is 1. The van der Waals surface area contributed by atoms with Crippen molar-refractivity contribution in [3.63, 3.8) is 0 Å². The summed E-state index contributed by atoms with van der Waals surface area (Å²) in [7, 11) is 0. The standard InChI is InChI=1S/C13H15NO2/c15-9-10-6-7-12(8-10)14-13(16)11-4-2-1-3-5-11/h1-6,12,15H,7-9H2,(H,14,16). The van der Waals surface area contributed by atoms with Crippen LogP contribution in [0, 0.1) is 0 Å². The molecular formula is C13H15NO2. The van der Waals surface area contributed by atoms with Crippen LogP contribution in [0.2, 0.25) is 0 Å². The van der Waals surface area contributed by atoms with E-state index in [1.165, 1.54) is 0 Å². The number of benzene rings is 1. The summed E-state index contributed by atoms with van der Waals surface area (Å²) in [6.07, 6.45) is 3.57. The molecule has 0 heterocycles. The number of hydrogen-bond acceptors (Lipinski definition) is 2. The third-order valence-corrected chi connectivity index (χ3v) is 2.77. The van der Waals surface area contributed by atoms with Crippen LogP contribution in [0.1, 0.15) is 23.2 Å². The summed E-state index contributed by atoms with van der Waals surface area (Å²) in [5.74, 6) is -0.0433. The Balaban J connectivity index is 1.90. The maximum atomic E-state index is 11.8. The first-order chi connectivity index (χ1) is 7.79. The lowest BCUT2D eigenvalue weighted by Crippen LogP contribution is -2.33. The molecule has 2 N–H and O–H groups in total. The van der Waals surface area contributed by atoms with Crippen molar-refractivity contribution in [2.75, 3.05) is 6.61 Å². The van der Waals surface area contributed by atoms with Crippen molar-refractivity contribution >= 4 is 5.91 Å². The summed E-state index contributed by atoms with van der Waals surface area (Å²) in [6.45, 7) is 0.0949. The fraction of sp³-hybridized carbons (Fsp3) is 0.308. The number of amides is 1. The van der Waals surface area contributed by atoms with Crippen molar-refractivity contribution in [3.8, 4) is 0 Å². The molecule has 1 aliphatic rings. The van der Waals surface area contributed by atoms with Crippen LogP contribution in [0.4, 0.5) is 0 Å². The predicted octanol–water partition coefficient (Wildman–Crippen LogP) is 1.50. The molecule has 0 bridgehead atoms. The van der Waals surface area contributed by atoms with Gasteiger partial charge in [0.1, 0.15) is 0 Å². The number of hydrogen-bond donors (Lipinski definition) is 2. The zero-order valence-corrected chi connectivity index (χ0v) is 9.02. The first-order valence-corrected chi connectivity index (χ1v) is 5.44. The van der Waals surface area contributed by atoms with Gasteiger partial charge in [-0.2, -0.15) is 0 Å². The fourth-order valence-electron chi connectivity index (χ4n) is 1.89. The van der Waals surface area contributed by atoms with E-state index >= 15 is 0 Å². The minimum atomic E-state index is -0.0433. The van der Waals surface area contributed by atoms with E-state index in [1.807, 2.05) is 24.3 Å². The van der Waals surface area contributed by atoms with E-state index in [2.05, 4.69) is 5.32 Å². The molecule has 84 valence electrons. The second-order valence-corrected chi connectivity index (χ2v) is 4.00. The zero-order chi connectivity index (χ0) is 11.4. The molecule has 0 spiro atoms.